The lowest BCUT2D eigenvalue weighted by atomic mass is 10.0. The SMILES string of the molecule is CN[C@@H](Cc1c[nH]c2ccccc12)C(=O)N(C)[C@@H](CCCCN)C(=O)O. The van der Waals surface area contributed by atoms with Gasteiger partial charge in [0.25, 0.3) is 0 Å². The summed E-state index contributed by atoms with van der Waals surface area (Å²) in [5, 5.41) is 13.6. The van der Waals surface area contributed by atoms with E-state index in [1.807, 2.05) is 30.5 Å². The van der Waals surface area contributed by atoms with Crippen molar-refractivity contribution in [1.29, 1.82) is 0 Å². The van der Waals surface area contributed by atoms with Crippen molar-refractivity contribution in [3.8, 4) is 0 Å². The van der Waals surface area contributed by atoms with Crippen molar-refractivity contribution >= 4 is 22.8 Å². The van der Waals surface area contributed by atoms with Gasteiger partial charge in [-0.3, -0.25) is 4.79 Å². The number of carboxylic acid groups (broad SMARTS) is 1. The van der Waals surface area contributed by atoms with Crippen molar-refractivity contribution < 1.29 is 14.7 Å². The van der Waals surface area contributed by atoms with Crippen LogP contribution in [0.3, 0.4) is 0 Å². The largest absolute Gasteiger partial charge is 0.480 e. The van der Waals surface area contributed by atoms with Crippen LogP contribution < -0.4 is 11.1 Å². The Morgan fingerprint density at radius 1 is 1.31 bits per heavy atom. The van der Waals surface area contributed by atoms with Crippen LogP contribution in [0.5, 0.6) is 0 Å². The van der Waals surface area contributed by atoms with Crippen molar-refractivity contribution in [2.24, 2.45) is 5.73 Å². The van der Waals surface area contributed by atoms with E-state index < -0.39 is 18.1 Å². The van der Waals surface area contributed by atoms with E-state index in [1.54, 1.807) is 14.1 Å². The van der Waals surface area contributed by atoms with Crippen molar-refractivity contribution in [2.75, 3.05) is 20.6 Å². The predicted molar refractivity (Wildman–Crippen MR) is 102 cm³/mol. The summed E-state index contributed by atoms with van der Waals surface area (Å²) in [5.74, 6) is -1.21. The average molecular weight is 360 g/mol. The molecule has 0 radical (unpaired) electrons. The Hall–Kier alpha value is -2.38. The first-order chi connectivity index (χ1) is 12.5. The highest BCUT2D eigenvalue weighted by atomic mass is 16.4. The Labute approximate surface area is 153 Å². The second-order valence-electron chi connectivity index (χ2n) is 6.49. The van der Waals surface area contributed by atoms with Crippen LogP contribution >= 0.6 is 0 Å². The maximum atomic E-state index is 12.9. The molecule has 26 heavy (non-hydrogen) atoms. The molecule has 1 aromatic carbocycles. The molecule has 1 amide bonds. The highest BCUT2D eigenvalue weighted by Gasteiger charge is 2.30. The lowest BCUT2D eigenvalue weighted by Crippen LogP contribution is -2.51. The number of aromatic amines is 1. The lowest BCUT2D eigenvalue weighted by Gasteiger charge is -2.28. The topological polar surface area (TPSA) is 111 Å². The molecule has 0 bridgehead atoms. The number of nitrogens with two attached hydrogens (primary N) is 1. The summed E-state index contributed by atoms with van der Waals surface area (Å²) >= 11 is 0. The third-order valence-electron chi connectivity index (χ3n) is 4.78. The second kappa shape index (κ2) is 9.35. The molecule has 0 unspecified atom stereocenters. The Morgan fingerprint density at radius 2 is 2.04 bits per heavy atom. The maximum Gasteiger partial charge on any atom is 0.326 e. The number of H-pyrrole nitrogens is 1. The number of aromatic nitrogens is 1. The number of nitrogens with one attached hydrogen (secondary N) is 2. The number of hydrogen-bond donors (Lipinski definition) is 4. The fraction of sp³-hybridized carbons (Fsp3) is 0.474. The summed E-state index contributed by atoms with van der Waals surface area (Å²) in [5.41, 5.74) is 7.52. The molecule has 2 aromatic rings. The number of fused-ring (bicyclic) bond motifs is 1. The molecule has 0 spiro atoms. The summed E-state index contributed by atoms with van der Waals surface area (Å²) in [7, 11) is 3.28. The molecule has 2 atom stereocenters. The molecule has 7 nitrogen and oxygen atoms in total. The zero-order chi connectivity index (χ0) is 19.1. The standard InChI is InChI=1S/C19H28N4O3/c1-21-16(11-13-12-22-15-8-4-3-7-14(13)15)18(24)23(2)17(19(25)26)9-5-6-10-20/h3-4,7-8,12,16-17,21-22H,5-6,9-11,20H2,1-2H3,(H,25,26)/t16-,17-/m0/s1. The van der Waals surface area contributed by atoms with Crippen molar-refractivity contribution in [3.05, 3.63) is 36.0 Å². The van der Waals surface area contributed by atoms with Crippen molar-refractivity contribution in [1.82, 2.24) is 15.2 Å². The average Bonchev–Trinajstić information content (AvgIpc) is 3.05. The summed E-state index contributed by atoms with van der Waals surface area (Å²) in [6.45, 7) is 0.518. The normalized spacial score (nSPS) is 13.5. The van der Waals surface area contributed by atoms with Crippen LogP contribution in [0.25, 0.3) is 10.9 Å². The van der Waals surface area contributed by atoms with Gasteiger partial charge in [0.1, 0.15) is 6.04 Å². The molecular weight excluding hydrogens is 332 g/mol. The Kier molecular flexibility index (Phi) is 7.17. The molecule has 0 fully saturated rings. The number of unbranched alkanes of at least 4 members (excludes halogenated alkanes) is 1. The summed E-state index contributed by atoms with van der Waals surface area (Å²) in [4.78, 5) is 29.0. The molecule has 0 aliphatic heterocycles. The molecule has 5 N–H and O–H groups in total. The van der Waals surface area contributed by atoms with Gasteiger partial charge in [0, 0.05) is 24.1 Å². The maximum absolute atomic E-state index is 12.9. The number of nitrogens with zero attached hydrogens (tertiary/aromatic N) is 1. The Bertz CT molecular complexity index is 743. The highest BCUT2D eigenvalue weighted by Crippen LogP contribution is 2.20. The molecule has 7 heteroatoms. The molecule has 1 heterocycles. The third-order valence-corrected chi connectivity index (χ3v) is 4.78. The van der Waals surface area contributed by atoms with E-state index in [2.05, 4.69) is 10.3 Å². The highest BCUT2D eigenvalue weighted by molar-refractivity contribution is 5.88. The first-order valence-electron chi connectivity index (χ1n) is 8.91. The number of rotatable bonds is 10. The monoisotopic (exact) mass is 360 g/mol. The van der Waals surface area contributed by atoms with Gasteiger partial charge < -0.3 is 26.0 Å². The molecule has 0 saturated heterocycles. The van der Waals surface area contributed by atoms with E-state index in [-0.39, 0.29) is 5.91 Å². The summed E-state index contributed by atoms with van der Waals surface area (Å²) in [6, 6.07) is 6.58. The van der Waals surface area contributed by atoms with Gasteiger partial charge in [-0.2, -0.15) is 0 Å². The van der Waals surface area contributed by atoms with Gasteiger partial charge >= 0.3 is 5.97 Å². The van der Waals surface area contributed by atoms with Crippen molar-refractivity contribution in [3.63, 3.8) is 0 Å². The van der Waals surface area contributed by atoms with Crippen molar-refractivity contribution in [2.45, 2.75) is 37.8 Å². The molecule has 0 aliphatic carbocycles. The van der Waals surface area contributed by atoms with Crippen LogP contribution in [0.4, 0.5) is 0 Å². The summed E-state index contributed by atoms with van der Waals surface area (Å²) in [6.07, 6.45) is 4.21. The number of hydrogen-bond acceptors (Lipinski definition) is 4. The number of para-hydroxylation sites is 1. The van der Waals surface area contributed by atoms with Crippen LogP contribution in [0.1, 0.15) is 24.8 Å². The van der Waals surface area contributed by atoms with Crippen LogP contribution in [0.15, 0.2) is 30.5 Å². The van der Waals surface area contributed by atoms with Gasteiger partial charge in [-0.15, -0.1) is 0 Å². The van der Waals surface area contributed by atoms with E-state index in [0.29, 0.717) is 25.8 Å². The number of carbonyl (C=O) groups excluding carboxylic acids is 1. The molecule has 0 aliphatic rings. The number of likely N-dealkylation sites (N-methyl/N-ethyl adjacent to an activating group) is 2. The van der Waals surface area contributed by atoms with E-state index in [9.17, 15) is 14.7 Å². The molecule has 142 valence electrons. The predicted octanol–water partition coefficient (Wildman–Crippen LogP) is 1.34. The fourth-order valence-corrected chi connectivity index (χ4v) is 3.20. The van der Waals surface area contributed by atoms with E-state index in [1.165, 1.54) is 4.90 Å². The van der Waals surface area contributed by atoms with Gasteiger partial charge in [-0.25, -0.2) is 4.79 Å². The van der Waals surface area contributed by atoms with Crippen LogP contribution in [0.2, 0.25) is 0 Å². The van der Waals surface area contributed by atoms with Crippen LogP contribution in [-0.4, -0.2) is 59.6 Å². The van der Waals surface area contributed by atoms with Crippen LogP contribution in [0, 0.1) is 0 Å². The Morgan fingerprint density at radius 3 is 2.69 bits per heavy atom. The number of amides is 1. The smallest absolute Gasteiger partial charge is 0.326 e. The third kappa shape index (κ3) is 4.62. The molecule has 0 saturated carbocycles. The second-order valence-corrected chi connectivity index (χ2v) is 6.49. The van der Waals surface area contributed by atoms with Gasteiger partial charge in [-0.05, 0) is 50.9 Å². The van der Waals surface area contributed by atoms with Crippen LogP contribution in [-0.2, 0) is 16.0 Å². The van der Waals surface area contributed by atoms with Gasteiger partial charge in [0.05, 0.1) is 6.04 Å². The fourth-order valence-electron chi connectivity index (χ4n) is 3.20. The van der Waals surface area contributed by atoms with E-state index in [0.717, 1.165) is 22.9 Å². The first kappa shape index (κ1) is 19.9. The number of carbonyl (C=O) groups is 2. The van der Waals surface area contributed by atoms with E-state index in [4.69, 9.17) is 5.73 Å². The number of carboxylic acids is 1. The zero-order valence-corrected chi connectivity index (χ0v) is 15.4. The van der Waals surface area contributed by atoms with Gasteiger partial charge in [-0.1, -0.05) is 18.2 Å². The first-order valence-corrected chi connectivity index (χ1v) is 8.91. The number of benzene rings is 1. The lowest BCUT2D eigenvalue weighted by molar-refractivity contribution is -0.150. The van der Waals surface area contributed by atoms with E-state index >= 15 is 0 Å². The zero-order valence-electron chi connectivity index (χ0n) is 15.4. The molecular formula is C19H28N4O3. The Balaban J connectivity index is 2.11. The minimum Gasteiger partial charge on any atom is -0.480 e. The number of aliphatic carboxylic acids is 1. The quantitative estimate of drug-likeness (QED) is 0.478. The summed E-state index contributed by atoms with van der Waals surface area (Å²) < 4.78 is 0. The van der Waals surface area contributed by atoms with Gasteiger partial charge in [0.15, 0.2) is 0 Å². The molecule has 1 aromatic heterocycles. The molecule has 2 rings (SSSR count). The minimum absolute atomic E-state index is 0.224. The van der Waals surface area contributed by atoms with Gasteiger partial charge in [0.2, 0.25) is 5.91 Å². The minimum atomic E-state index is -0.986.